The lowest BCUT2D eigenvalue weighted by Crippen LogP contribution is -2.47. The van der Waals surface area contributed by atoms with Crippen molar-refractivity contribution in [2.75, 3.05) is 0 Å². The van der Waals surface area contributed by atoms with Gasteiger partial charge in [-0.15, -0.1) is 0 Å². The summed E-state index contributed by atoms with van der Waals surface area (Å²) in [5.41, 5.74) is 0.858. The molecule has 1 rings (SSSR count). The Kier molecular flexibility index (Phi) is 6.51. The molecule has 1 aliphatic heterocycles. The van der Waals surface area contributed by atoms with Gasteiger partial charge in [0, 0.05) is 11.1 Å². The first kappa shape index (κ1) is 15.0. The molecule has 1 saturated heterocycles. The van der Waals surface area contributed by atoms with Crippen LogP contribution in [0.1, 0.15) is 80.1 Å². The zero-order valence-corrected chi connectivity index (χ0v) is 11.7. The Hall–Kier alpha value is -0.0400. The molecule has 1 heterocycles. The molecule has 1 N–H and O–H groups in total. The fourth-order valence-electron chi connectivity index (χ4n) is 2.85. The van der Waals surface area contributed by atoms with Gasteiger partial charge in [0.05, 0.1) is 0 Å². The summed E-state index contributed by atoms with van der Waals surface area (Å²) in [4.78, 5) is 0. The summed E-state index contributed by atoms with van der Waals surface area (Å²) < 4.78 is 0. The molecule has 0 amide bonds. The molecule has 0 saturated carbocycles. The van der Waals surface area contributed by atoms with Gasteiger partial charge in [-0.2, -0.15) is 0 Å². The predicted molar refractivity (Wildman–Crippen MR) is 70.3 cm³/mol. The molecule has 0 atom stereocenters. The van der Waals surface area contributed by atoms with Crippen molar-refractivity contribution < 1.29 is 0 Å². The zero-order chi connectivity index (χ0) is 11.9. The van der Waals surface area contributed by atoms with E-state index in [1.165, 1.54) is 38.5 Å². The second-order valence-corrected chi connectivity index (χ2v) is 5.29. The van der Waals surface area contributed by atoms with Gasteiger partial charge in [0.2, 0.25) is 0 Å². The van der Waals surface area contributed by atoms with Crippen molar-refractivity contribution in [1.82, 2.24) is 5.32 Å². The molecule has 0 radical (unpaired) electrons. The van der Waals surface area contributed by atoms with Crippen molar-refractivity contribution in [2.24, 2.45) is 0 Å². The first-order valence-corrected chi connectivity index (χ1v) is 6.83. The van der Waals surface area contributed by atoms with Crippen molar-refractivity contribution >= 4 is 0 Å². The number of rotatable bonds is 4. The highest BCUT2D eigenvalue weighted by atomic mass is 15.1. The second-order valence-electron chi connectivity index (χ2n) is 5.29. The molecule has 0 aromatic carbocycles. The molecule has 0 aromatic rings. The van der Waals surface area contributed by atoms with Crippen LogP contribution in [0.2, 0.25) is 0 Å². The summed E-state index contributed by atoms with van der Waals surface area (Å²) >= 11 is 0. The molecule has 1 nitrogen and oxygen atoms in total. The summed E-state index contributed by atoms with van der Waals surface area (Å²) in [5, 5.41) is 3.85. The maximum atomic E-state index is 3.85. The van der Waals surface area contributed by atoms with E-state index in [2.05, 4.69) is 33.0 Å². The van der Waals surface area contributed by atoms with E-state index in [-0.39, 0.29) is 0 Å². The Morgan fingerprint density at radius 2 is 1.40 bits per heavy atom. The Morgan fingerprint density at radius 1 is 0.933 bits per heavy atom. The summed E-state index contributed by atoms with van der Waals surface area (Å²) in [7, 11) is 0. The third kappa shape index (κ3) is 4.55. The molecular weight excluding hydrogens is 182 g/mol. The Balaban J connectivity index is 0.000000921. The van der Waals surface area contributed by atoms with Gasteiger partial charge in [-0.1, -0.05) is 40.5 Å². The molecule has 0 bridgehead atoms. The lowest BCUT2D eigenvalue weighted by Gasteiger charge is -2.32. The van der Waals surface area contributed by atoms with Gasteiger partial charge < -0.3 is 5.32 Å². The largest absolute Gasteiger partial charge is 0.306 e. The molecule has 92 valence electrons. The molecule has 15 heavy (non-hydrogen) atoms. The van der Waals surface area contributed by atoms with Gasteiger partial charge in [0.1, 0.15) is 0 Å². The van der Waals surface area contributed by atoms with E-state index in [0.717, 1.165) is 0 Å². The van der Waals surface area contributed by atoms with Crippen LogP contribution in [-0.2, 0) is 0 Å². The quantitative estimate of drug-likeness (QED) is 0.724. The van der Waals surface area contributed by atoms with Crippen molar-refractivity contribution in [3.05, 3.63) is 0 Å². The van der Waals surface area contributed by atoms with Crippen LogP contribution in [0.5, 0.6) is 0 Å². The SMILES string of the molecule is CC.CCCC1(CCC)CCC(C)(C)N1. The summed E-state index contributed by atoms with van der Waals surface area (Å²) in [6.07, 6.45) is 8.04. The second kappa shape index (κ2) is 6.52. The molecule has 0 unspecified atom stereocenters. The monoisotopic (exact) mass is 213 g/mol. The normalized spacial score (nSPS) is 22.0. The van der Waals surface area contributed by atoms with Gasteiger partial charge in [0.15, 0.2) is 0 Å². The highest BCUT2D eigenvalue weighted by molar-refractivity contribution is 5.01. The first-order valence-electron chi connectivity index (χ1n) is 6.83. The fraction of sp³-hybridized carbons (Fsp3) is 1.00. The van der Waals surface area contributed by atoms with Crippen LogP contribution in [-0.4, -0.2) is 11.1 Å². The average Bonchev–Trinajstić information content (AvgIpc) is 2.47. The lowest BCUT2D eigenvalue weighted by atomic mass is 9.87. The third-order valence-corrected chi connectivity index (χ3v) is 3.29. The van der Waals surface area contributed by atoms with E-state index in [1.807, 2.05) is 13.8 Å². The number of hydrogen-bond donors (Lipinski definition) is 1. The summed E-state index contributed by atoms with van der Waals surface area (Å²) in [5.74, 6) is 0. The minimum Gasteiger partial charge on any atom is -0.306 e. The Labute approximate surface area is 97.0 Å². The van der Waals surface area contributed by atoms with Crippen LogP contribution in [0, 0.1) is 0 Å². The van der Waals surface area contributed by atoms with Crippen LogP contribution in [0.3, 0.4) is 0 Å². The highest BCUT2D eigenvalue weighted by Crippen LogP contribution is 2.36. The van der Waals surface area contributed by atoms with Gasteiger partial charge in [-0.25, -0.2) is 0 Å². The molecule has 0 spiro atoms. The molecule has 0 aromatic heterocycles. The minimum atomic E-state index is 0.379. The van der Waals surface area contributed by atoms with E-state index < -0.39 is 0 Å². The standard InChI is InChI=1S/C12H25N.C2H6/c1-5-7-12(8-6-2)10-9-11(3,4)13-12;1-2/h13H,5-10H2,1-4H3;1-2H3. The highest BCUT2D eigenvalue weighted by Gasteiger charge is 2.40. The number of nitrogens with one attached hydrogen (secondary N) is 1. The predicted octanol–water partition coefficient (Wildman–Crippen LogP) is 4.51. The van der Waals surface area contributed by atoms with Gasteiger partial charge >= 0.3 is 0 Å². The van der Waals surface area contributed by atoms with Crippen molar-refractivity contribution in [1.29, 1.82) is 0 Å². The minimum absolute atomic E-state index is 0.379. The molecule has 1 aliphatic rings. The topological polar surface area (TPSA) is 12.0 Å². The van der Waals surface area contributed by atoms with Crippen molar-refractivity contribution in [2.45, 2.75) is 91.1 Å². The van der Waals surface area contributed by atoms with Gasteiger partial charge in [-0.3, -0.25) is 0 Å². The Morgan fingerprint density at radius 3 is 1.67 bits per heavy atom. The maximum Gasteiger partial charge on any atom is 0.0187 e. The smallest absolute Gasteiger partial charge is 0.0187 e. The summed E-state index contributed by atoms with van der Waals surface area (Å²) in [6.45, 7) is 13.3. The fourth-order valence-corrected chi connectivity index (χ4v) is 2.85. The van der Waals surface area contributed by atoms with Crippen LogP contribution in [0.25, 0.3) is 0 Å². The van der Waals surface area contributed by atoms with E-state index in [0.29, 0.717) is 11.1 Å². The number of hydrogen-bond acceptors (Lipinski definition) is 1. The van der Waals surface area contributed by atoms with Crippen molar-refractivity contribution in [3.63, 3.8) is 0 Å². The maximum absolute atomic E-state index is 3.85. The van der Waals surface area contributed by atoms with Crippen LogP contribution in [0.4, 0.5) is 0 Å². The van der Waals surface area contributed by atoms with Gasteiger partial charge in [0.25, 0.3) is 0 Å². The van der Waals surface area contributed by atoms with Crippen LogP contribution < -0.4 is 5.32 Å². The molecule has 1 fully saturated rings. The van der Waals surface area contributed by atoms with Crippen LogP contribution >= 0.6 is 0 Å². The Bertz CT molecular complexity index is 155. The van der Waals surface area contributed by atoms with Gasteiger partial charge in [-0.05, 0) is 39.5 Å². The van der Waals surface area contributed by atoms with Crippen molar-refractivity contribution in [3.8, 4) is 0 Å². The molecule has 1 heteroatoms. The van der Waals surface area contributed by atoms with Crippen LogP contribution in [0.15, 0.2) is 0 Å². The van der Waals surface area contributed by atoms with E-state index in [1.54, 1.807) is 0 Å². The zero-order valence-electron chi connectivity index (χ0n) is 11.7. The van der Waals surface area contributed by atoms with E-state index >= 15 is 0 Å². The molecular formula is C14H31N. The molecule has 0 aliphatic carbocycles. The third-order valence-electron chi connectivity index (χ3n) is 3.29. The lowest BCUT2D eigenvalue weighted by molar-refractivity contribution is 0.278. The average molecular weight is 213 g/mol. The van der Waals surface area contributed by atoms with E-state index in [4.69, 9.17) is 0 Å². The summed E-state index contributed by atoms with van der Waals surface area (Å²) in [6, 6.07) is 0. The first-order chi connectivity index (χ1) is 7.04. The van der Waals surface area contributed by atoms with E-state index in [9.17, 15) is 0 Å².